The predicted molar refractivity (Wildman–Crippen MR) is 70.9 cm³/mol. The highest BCUT2D eigenvalue weighted by molar-refractivity contribution is 7.22. The Labute approximate surface area is 108 Å². The summed E-state index contributed by atoms with van der Waals surface area (Å²) in [7, 11) is 0. The molecule has 17 heavy (non-hydrogen) atoms. The predicted octanol–water partition coefficient (Wildman–Crippen LogP) is 3.67. The lowest BCUT2D eigenvalue weighted by Gasteiger charge is -1.97. The number of carbonyl (C=O) groups excluding carboxylic acids is 1. The van der Waals surface area contributed by atoms with Crippen LogP contribution in [0.5, 0.6) is 0 Å². The topological polar surface area (TPSA) is 39.2 Å². The van der Waals surface area contributed by atoms with Gasteiger partial charge in [-0.1, -0.05) is 0 Å². The maximum Gasteiger partial charge on any atom is 0.350 e. The van der Waals surface area contributed by atoms with Crippen LogP contribution in [0.2, 0.25) is 0 Å². The maximum atomic E-state index is 11.7. The summed E-state index contributed by atoms with van der Waals surface area (Å²) in [6.45, 7) is 6.08. The summed E-state index contributed by atoms with van der Waals surface area (Å²) in [6.07, 6.45) is 0. The Kier molecular flexibility index (Phi) is 3.59. The molecule has 2 aromatic rings. The molecule has 0 fully saturated rings. The number of ether oxygens (including phenoxy) is 1. The molecule has 0 atom stereocenters. The van der Waals surface area contributed by atoms with Crippen molar-refractivity contribution in [2.75, 3.05) is 6.61 Å². The standard InChI is InChI=1S/C12H13NO2S2/c1-4-15-12(14)10-8(3)13-11(17-10)9-5-7(2)6-16-9/h5-6H,4H2,1-3H3. The molecule has 0 N–H and O–H groups in total. The van der Waals surface area contributed by atoms with Crippen LogP contribution in [-0.4, -0.2) is 17.6 Å². The summed E-state index contributed by atoms with van der Waals surface area (Å²) in [5.74, 6) is -0.276. The smallest absolute Gasteiger partial charge is 0.350 e. The molecule has 0 aromatic carbocycles. The van der Waals surface area contributed by atoms with E-state index in [0.29, 0.717) is 11.5 Å². The molecule has 0 aliphatic heterocycles. The summed E-state index contributed by atoms with van der Waals surface area (Å²) in [6, 6.07) is 2.08. The van der Waals surface area contributed by atoms with Crippen molar-refractivity contribution in [3.05, 3.63) is 27.6 Å². The Bertz CT molecular complexity index is 542. The number of carbonyl (C=O) groups is 1. The van der Waals surface area contributed by atoms with Gasteiger partial charge in [0.1, 0.15) is 9.88 Å². The normalized spacial score (nSPS) is 10.5. The minimum atomic E-state index is -0.276. The largest absolute Gasteiger partial charge is 0.462 e. The fraction of sp³-hybridized carbons (Fsp3) is 0.333. The van der Waals surface area contributed by atoms with E-state index in [0.717, 1.165) is 15.6 Å². The van der Waals surface area contributed by atoms with E-state index in [1.54, 1.807) is 18.3 Å². The van der Waals surface area contributed by atoms with Crippen molar-refractivity contribution >= 4 is 28.6 Å². The molecule has 0 radical (unpaired) electrons. The molecule has 0 saturated heterocycles. The average molecular weight is 267 g/mol. The van der Waals surface area contributed by atoms with Crippen LogP contribution < -0.4 is 0 Å². The first-order chi connectivity index (χ1) is 8.11. The van der Waals surface area contributed by atoms with Crippen molar-refractivity contribution < 1.29 is 9.53 Å². The van der Waals surface area contributed by atoms with Gasteiger partial charge in [0.25, 0.3) is 0 Å². The highest BCUT2D eigenvalue weighted by atomic mass is 32.1. The first-order valence-corrected chi connectivity index (χ1v) is 7.01. The van der Waals surface area contributed by atoms with Crippen LogP contribution in [0.1, 0.15) is 27.9 Å². The van der Waals surface area contributed by atoms with Crippen LogP contribution in [0.4, 0.5) is 0 Å². The number of aromatic nitrogens is 1. The maximum absolute atomic E-state index is 11.7. The third kappa shape index (κ3) is 2.56. The molecular formula is C12H13NO2S2. The van der Waals surface area contributed by atoms with Gasteiger partial charge in [-0.05, 0) is 37.8 Å². The van der Waals surface area contributed by atoms with Crippen LogP contribution in [0.3, 0.4) is 0 Å². The summed E-state index contributed by atoms with van der Waals surface area (Å²) >= 11 is 3.04. The van der Waals surface area contributed by atoms with Crippen molar-refractivity contribution in [1.82, 2.24) is 4.98 Å². The molecule has 2 rings (SSSR count). The summed E-state index contributed by atoms with van der Waals surface area (Å²) in [5.41, 5.74) is 1.96. The minimum absolute atomic E-state index is 0.276. The second kappa shape index (κ2) is 4.98. The lowest BCUT2D eigenvalue weighted by atomic mass is 10.3. The van der Waals surface area contributed by atoms with E-state index >= 15 is 0 Å². The molecule has 0 saturated carbocycles. The molecule has 0 aliphatic carbocycles. The van der Waals surface area contributed by atoms with E-state index in [-0.39, 0.29) is 5.97 Å². The van der Waals surface area contributed by atoms with E-state index in [1.807, 2.05) is 13.8 Å². The number of hydrogen-bond acceptors (Lipinski definition) is 5. The van der Waals surface area contributed by atoms with Gasteiger partial charge in [0.2, 0.25) is 0 Å². The van der Waals surface area contributed by atoms with Gasteiger partial charge in [0.15, 0.2) is 0 Å². The fourth-order valence-corrected chi connectivity index (χ4v) is 3.35. The monoisotopic (exact) mass is 267 g/mol. The minimum Gasteiger partial charge on any atom is -0.462 e. The molecule has 90 valence electrons. The number of thiazole rings is 1. The number of hydrogen-bond donors (Lipinski definition) is 0. The van der Waals surface area contributed by atoms with E-state index in [9.17, 15) is 4.79 Å². The van der Waals surface area contributed by atoms with Crippen molar-refractivity contribution in [2.45, 2.75) is 20.8 Å². The summed E-state index contributed by atoms with van der Waals surface area (Å²) in [5, 5.41) is 2.97. The van der Waals surface area contributed by atoms with Gasteiger partial charge in [-0.25, -0.2) is 9.78 Å². The highest BCUT2D eigenvalue weighted by Crippen LogP contribution is 2.32. The van der Waals surface area contributed by atoms with Gasteiger partial charge in [0, 0.05) is 0 Å². The Morgan fingerprint density at radius 1 is 1.47 bits per heavy atom. The van der Waals surface area contributed by atoms with E-state index in [4.69, 9.17) is 4.74 Å². The Morgan fingerprint density at radius 2 is 2.24 bits per heavy atom. The third-order valence-corrected chi connectivity index (χ3v) is 4.55. The Morgan fingerprint density at radius 3 is 2.82 bits per heavy atom. The fourth-order valence-electron chi connectivity index (χ4n) is 1.43. The van der Waals surface area contributed by atoms with Gasteiger partial charge in [-0.3, -0.25) is 0 Å². The van der Waals surface area contributed by atoms with Crippen LogP contribution in [-0.2, 0) is 4.74 Å². The van der Waals surface area contributed by atoms with Crippen LogP contribution in [0, 0.1) is 13.8 Å². The van der Waals surface area contributed by atoms with E-state index in [2.05, 4.69) is 16.4 Å². The lowest BCUT2D eigenvalue weighted by Crippen LogP contribution is -2.03. The van der Waals surface area contributed by atoms with Crippen molar-refractivity contribution in [3.63, 3.8) is 0 Å². The molecule has 2 heterocycles. The molecule has 0 unspecified atom stereocenters. The molecular weight excluding hydrogens is 254 g/mol. The van der Waals surface area contributed by atoms with Crippen LogP contribution in [0.25, 0.3) is 9.88 Å². The molecule has 3 nitrogen and oxygen atoms in total. The number of thiophene rings is 1. The van der Waals surface area contributed by atoms with E-state index < -0.39 is 0 Å². The first kappa shape index (κ1) is 12.3. The third-order valence-electron chi connectivity index (χ3n) is 2.20. The quantitative estimate of drug-likeness (QED) is 0.797. The van der Waals surface area contributed by atoms with Crippen LogP contribution >= 0.6 is 22.7 Å². The van der Waals surface area contributed by atoms with Crippen molar-refractivity contribution in [3.8, 4) is 9.88 Å². The highest BCUT2D eigenvalue weighted by Gasteiger charge is 2.17. The van der Waals surface area contributed by atoms with Crippen LogP contribution in [0.15, 0.2) is 11.4 Å². The number of rotatable bonds is 3. The molecule has 0 bridgehead atoms. The van der Waals surface area contributed by atoms with Gasteiger partial charge >= 0.3 is 5.97 Å². The first-order valence-electron chi connectivity index (χ1n) is 5.32. The van der Waals surface area contributed by atoms with E-state index in [1.165, 1.54) is 16.9 Å². The van der Waals surface area contributed by atoms with Crippen molar-refractivity contribution in [2.24, 2.45) is 0 Å². The molecule has 2 aromatic heterocycles. The number of nitrogens with zero attached hydrogens (tertiary/aromatic N) is 1. The van der Waals surface area contributed by atoms with Crippen molar-refractivity contribution in [1.29, 1.82) is 0 Å². The second-order valence-corrected chi connectivity index (χ2v) is 5.55. The lowest BCUT2D eigenvalue weighted by molar-refractivity contribution is 0.0531. The van der Waals surface area contributed by atoms with Gasteiger partial charge in [-0.2, -0.15) is 0 Å². The Hall–Kier alpha value is -1.20. The zero-order valence-electron chi connectivity index (χ0n) is 9.94. The van der Waals surface area contributed by atoms with Gasteiger partial charge in [0.05, 0.1) is 17.2 Å². The molecule has 5 heteroatoms. The van der Waals surface area contributed by atoms with Gasteiger partial charge < -0.3 is 4.74 Å². The summed E-state index contributed by atoms with van der Waals surface area (Å²) < 4.78 is 5.00. The zero-order chi connectivity index (χ0) is 12.4. The Balaban J connectivity index is 2.33. The second-order valence-electron chi connectivity index (χ2n) is 3.64. The summed E-state index contributed by atoms with van der Waals surface area (Å²) in [4.78, 5) is 17.8. The number of esters is 1. The van der Waals surface area contributed by atoms with Gasteiger partial charge in [-0.15, -0.1) is 22.7 Å². The molecule has 0 amide bonds. The zero-order valence-corrected chi connectivity index (χ0v) is 11.6. The number of aryl methyl sites for hydroxylation is 2. The molecule has 0 aliphatic rings. The SMILES string of the molecule is CCOC(=O)c1sc(-c2cc(C)cs2)nc1C. The average Bonchev–Trinajstić information content (AvgIpc) is 2.85. The molecule has 0 spiro atoms.